The minimum absolute atomic E-state index is 0.00227. The summed E-state index contributed by atoms with van der Waals surface area (Å²) in [7, 11) is 1.38. The molecule has 0 aromatic rings. The molecule has 62 valence electrons. The van der Waals surface area contributed by atoms with Gasteiger partial charge in [-0.25, -0.2) is 0 Å². The highest BCUT2D eigenvalue weighted by molar-refractivity contribution is 5.72. The Labute approximate surface area is 67.9 Å². The average Bonchev–Trinajstić information content (AvgIpc) is 2.05. The standard InChI is InChI=1S/C9H14O2/c1-5-8(6-2)7(3)9(10)11-4/h1,7-8H,6H2,2-4H3. The predicted molar refractivity (Wildman–Crippen MR) is 43.8 cm³/mol. The van der Waals surface area contributed by atoms with Gasteiger partial charge < -0.3 is 4.74 Å². The molecular weight excluding hydrogens is 140 g/mol. The van der Waals surface area contributed by atoms with E-state index in [1.54, 1.807) is 6.92 Å². The zero-order chi connectivity index (χ0) is 8.85. The molecular formula is C9H14O2. The Morgan fingerprint density at radius 1 is 1.73 bits per heavy atom. The maximum Gasteiger partial charge on any atom is 0.309 e. The first-order valence-corrected chi connectivity index (χ1v) is 3.71. The van der Waals surface area contributed by atoms with Crippen LogP contribution in [0.3, 0.4) is 0 Å². The molecule has 0 rings (SSSR count). The molecule has 2 unspecified atom stereocenters. The second-order valence-electron chi connectivity index (χ2n) is 2.49. The zero-order valence-electron chi connectivity index (χ0n) is 7.26. The Morgan fingerprint density at radius 3 is 2.55 bits per heavy atom. The third kappa shape index (κ3) is 2.63. The monoisotopic (exact) mass is 154 g/mol. The first-order valence-electron chi connectivity index (χ1n) is 3.71. The highest BCUT2D eigenvalue weighted by Gasteiger charge is 2.20. The summed E-state index contributed by atoms with van der Waals surface area (Å²) in [5.41, 5.74) is 0. The van der Waals surface area contributed by atoms with Crippen molar-refractivity contribution in [2.45, 2.75) is 20.3 Å². The van der Waals surface area contributed by atoms with Crippen LogP contribution in [0.1, 0.15) is 20.3 Å². The fraction of sp³-hybridized carbons (Fsp3) is 0.667. The van der Waals surface area contributed by atoms with E-state index in [1.807, 2.05) is 6.92 Å². The Balaban J connectivity index is 4.11. The second-order valence-corrected chi connectivity index (χ2v) is 2.49. The molecule has 2 nitrogen and oxygen atoms in total. The topological polar surface area (TPSA) is 26.3 Å². The summed E-state index contributed by atoms with van der Waals surface area (Å²) >= 11 is 0. The molecule has 2 atom stereocenters. The average molecular weight is 154 g/mol. The maximum absolute atomic E-state index is 11.0. The number of carbonyl (C=O) groups excluding carboxylic acids is 1. The number of terminal acetylenes is 1. The van der Waals surface area contributed by atoms with E-state index in [0.717, 1.165) is 6.42 Å². The van der Waals surface area contributed by atoms with Gasteiger partial charge in [-0.15, -0.1) is 12.3 Å². The van der Waals surface area contributed by atoms with Crippen molar-refractivity contribution in [3.8, 4) is 12.3 Å². The summed E-state index contributed by atoms with van der Waals surface area (Å²) in [6, 6.07) is 0. The van der Waals surface area contributed by atoms with E-state index in [2.05, 4.69) is 10.7 Å². The number of esters is 1. The van der Waals surface area contributed by atoms with Crippen LogP contribution in [0.2, 0.25) is 0 Å². The van der Waals surface area contributed by atoms with Gasteiger partial charge in [-0.05, 0) is 6.42 Å². The van der Waals surface area contributed by atoms with E-state index in [1.165, 1.54) is 7.11 Å². The van der Waals surface area contributed by atoms with Crippen LogP contribution in [-0.2, 0) is 9.53 Å². The highest BCUT2D eigenvalue weighted by atomic mass is 16.5. The third-order valence-electron chi connectivity index (χ3n) is 1.83. The molecule has 11 heavy (non-hydrogen) atoms. The number of carbonyl (C=O) groups is 1. The minimum atomic E-state index is -0.227. The largest absolute Gasteiger partial charge is 0.469 e. The number of rotatable bonds is 3. The van der Waals surface area contributed by atoms with Crippen LogP contribution in [0, 0.1) is 24.2 Å². The fourth-order valence-corrected chi connectivity index (χ4v) is 0.966. The van der Waals surface area contributed by atoms with E-state index < -0.39 is 0 Å². The van der Waals surface area contributed by atoms with Crippen LogP contribution in [0.15, 0.2) is 0 Å². The van der Waals surface area contributed by atoms with Crippen molar-refractivity contribution in [1.82, 2.24) is 0 Å². The van der Waals surface area contributed by atoms with Crippen LogP contribution in [0.5, 0.6) is 0 Å². The summed E-state index contributed by atoms with van der Waals surface area (Å²) in [6.07, 6.45) is 6.03. The fourth-order valence-electron chi connectivity index (χ4n) is 0.966. The number of methoxy groups -OCH3 is 1. The van der Waals surface area contributed by atoms with Gasteiger partial charge in [0.15, 0.2) is 0 Å². The van der Waals surface area contributed by atoms with Gasteiger partial charge in [-0.1, -0.05) is 13.8 Å². The zero-order valence-corrected chi connectivity index (χ0v) is 7.26. The Morgan fingerprint density at radius 2 is 2.27 bits per heavy atom. The normalized spacial score (nSPS) is 14.7. The van der Waals surface area contributed by atoms with Gasteiger partial charge in [-0.2, -0.15) is 0 Å². The van der Waals surface area contributed by atoms with E-state index in [9.17, 15) is 4.79 Å². The van der Waals surface area contributed by atoms with Crippen LogP contribution in [0.25, 0.3) is 0 Å². The quantitative estimate of drug-likeness (QED) is 0.454. The van der Waals surface area contributed by atoms with Crippen LogP contribution < -0.4 is 0 Å². The summed E-state index contributed by atoms with van der Waals surface area (Å²) in [6.45, 7) is 3.75. The molecule has 0 aliphatic carbocycles. The predicted octanol–water partition coefficient (Wildman–Crippen LogP) is 1.45. The number of hydrogen-bond donors (Lipinski definition) is 0. The maximum atomic E-state index is 11.0. The lowest BCUT2D eigenvalue weighted by atomic mass is 9.93. The molecule has 0 aliphatic heterocycles. The molecule has 0 heterocycles. The molecule has 0 radical (unpaired) electrons. The lowest BCUT2D eigenvalue weighted by Gasteiger charge is -2.13. The molecule has 0 saturated heterocycles. The van der Waals surface area contributed by atoms with E-state index in [-0.39, 0.29) is 17.8 Å². The van der Waals surface area contributed by atoms with Gasteiger partial charge in [0.25, 0.3) is 0 Å². The van der Waals surface area contributed by atoms with Crippen molar-refractivity contribution in [1.29, 1.82) is 0 Å². The number of ether oxygens (including phenoxy) is 1. The Kier molecular flexibility index (Phi) is 4.36. The van der Waals surface area contributed by atoms with Crippen LogP contribution in [0.4, 0.5) is 0 Å². The lowest BCUT2D eigenvalue weighted by Crippen LogP contribution is -2.20. The molecule has 0 fully saturated rings. The molecule has 0 N–H and O–H groups in total. The van der Waals surface area contributed by atoms with E-state index in [0.29, 0.717) is 0 Å². The first-order chi connectivity index (χ1) is 5.17. The van der Waals surface area contributed by atoms with Gasteiger partial charge in [-0.3, -0.25) is 4.79 Å². The van der Waals surface area contributed by atoms with Crippen molar-refractivity contribution in [2.75, 3.05) is 7.11 Å². The third-order valence-corrected chi connectivity index (χ3v) is 1.83. The van der Waals surface area contributed by atoms with Gasteiger partial charge in [0.05, 0.1) is 13.0 Å². The second kappa shape index (κ2) is 4.79. The van der Waals surface area contributed by atoms with Crippen molar-refractivity contribution in [2.24, 2.45) is 11.8 Å². The van der Waals surface area contributed by atoms with Crippen molar-refractivity contribution < 1.29 is 9.53 Å². The summed E-state index contributed by atoms with van der Waals surface area (Å²) in [5, 5.41) is 0. The minimum Gasteiger partial charge on any atom is -0.469 e. The van der Waals surface area contributed by atoms with Crippen LogP contribution >= 0.6 is 0 Å². The molecule has 0 aromatic heterocycles. The molecule has 0 aromatic carbocycles. The highest BCUT2D eigenvalue weighted by Crippen LogP contribution is 2.15. The van der Waals surface area contributed by atoms with E-state index >= 15 is 0 Å². The SMILES string of the molecule is C#CC(CC)C(C)C(=O)OC. The Bertz CT molecular complexity index is 167. The first kappa shape index (κ1) is 10.0. The van der Waals surface area contributed by atoms with E-state index in [4.69, 9.17) is 6.42 Å². The lowest BCUT2D eigenvalue weighted by molar-refractivity contribution is -0.146. The molecule has 0 aliphatic rings. The van der Waals surface area contributed by atoms with Gasteiger partial charge >= 0.3 is 5.97 Å². The van der Waals surface area contributed by atoms with Crippen molar-refractivity contribution >= 4 is 5.97 Å². The molecule has 0 bridgehead atoms. The van der Waals surface area contributed by atoms with Crippen molar-refractivity contribution in [3.63, 3.8) is 0 Å². The molecule has 0 amide bonds. The summed E-state index contributed by atoms with van der Waals surface area (Å²) in [5.74, 6) is 2.16. The van der Waals surface area contributed by atoms with Gasteiger partial charge in [0, 0.05) is 5.92 Å². The number of hydrogen-bond acceptors (Lipinski definition) is 2. The molecule has 0 saturated carbocycles. The smallest absolute Gasteiger partial charge is 0.309 e. The van der Waals surface area contributed by atoms with Crippen molar-refractivity contribution in [3.05, 3.63) is 0 Å². The van der Waals surface area contributed by atoms with Gasteiger partial charge in [0.2, 0.25) is 0 Å². The molecule has 2 heteroatoms. The summed E-state index contributed by atoms with van der Waals surface area (Å²) < 4.78 is 4.56. The van der Waals surface area contributed by atoms with Crippen LogP contribution in [-0.4, -0.2) is 13.1 Å². The Hall–Kier alpha value is -0.970. The van der Waals surface area contributed by atoms with Gasteiger partial charge in [0.1, 0.15) is 0 Å². The molecule has 0 spiro atoms. The summed E-state index contributed by atoms with van der Waals surface area (Å²) in [4.78, 5) is 11.0.